The standard InChI is InChI=1S/C11H20N4O/c1-4-8(2)10(13-3)11(16)14-9-5-15(6-9)7-12/h8-10,13H,4-6H2,1-3H3,(H,14,16). The third-order valence-electron chi connectivity index (χ3n) is 3.18. The number of nitriles is 1. The molecule has 0 spiro atoms. The van der Waals surface area contributed by atoms with Crippen LogP contribution in [0.15, 0.2) is 0 Å². The highest BCUT2D eigenvalue weighted by Gasteiger charge is 2.30. The number of likely N-dealkylation sites (N-methyl/N-ethyl adjacent to an activating group) is 1. The van der Waals surface area contributed by atoms with E-state index in [1.807, 2.05) is 6.19 Å². The number of amides is 1. The zero-order valence-electron chi connectivity index (χ0n) is 10.2. The lowest BCUT2D eigenvalue weighted by molar-refractivity contribution is -0.125. The molecule has 0 radical (unpaired) electrons. The first-order valence-electron chi connectivity index (χ1n) is 5.74. The molecule has 2 atom stereocenters. The molecule has 0 bridgehead atoms. The Bertz CT molecular complexity index is 280. The number of nitrogens with one attached hydrogen (secondary N) is 2. The van der Waals surface area contributed by atoms with Gasteiger partial charge in [-0.15, -0.1) is 0 Å². The van der Waals surface area contributed by atoms with Crippen molar-refractivity contribution >= 4 is 5.91 Å². The van der Waals surface area contributed by atoms with Gasteiger partial charge in [-0.1, -0.05) is 20.3 Å². The van der Waals surface area contributed by atoms with E-state index in [1.165, 1.54) is 0 Å². The Labute approximate surface area is 96.8 Å². The average Bonchev–Trinajstić information content (AvgIpc) is 2.23. The van der Waals surface area contributed by atoms with Gasteiger partial charge < -0.3 is 15.5 Å². The second kappa shape index (κ2) is 5.71. The molecule has 5 heteroatoms. The largest absolute Gasteiger partial charge is 0.348 e. The Morgan fingerprint density at radius 3 is 2.69 bits per heavy atom. The van der Waals surface area contributed by atoms with E-state index in [2.05, 4.69) is 24.5 Å². The highest BCUT2D eigenvalue weighted by atomic mass is 16.2. The number of rotatable bonds is 5. The summed E-state index contributed by atoms with van der Waals surface area (Å²) in [5.41, 5.74) is 0. The van der Waals surface area contributed by atoms with Crippen LogP contribution in [-0.2, 0) is 4.79 Å². The molecule has 1 fully saturated rings. The SMILES string of the molecule is CCC(C)C(NC)C(=O)NC1CN(C#N)C1. The van der Waals surface area contributed by atoms with Crippen LogP contribution in [0.25, 0.3) is 0 Å². The zero-order valence-corrected chi connectivity index (χ0v) is 10.2. The first-order chi connectivity index (χ1) is 7.62. The lowest BCUT2D eigenvalue weighted by Crippen LogP contribution is -2.60. The van der Waals surface area contributed by atoms with Gasteiger partial charge in [0.1, 0.15) is 0 Å². The monoisotopic (exact) mass is 224 g/mol. The van der Waals surface area contributed by atoms with Crippen molar-refractivity contribution in [3.63, 3.8) is 0 Å². The van der Waals surface area contributed by atoms with E-state index in [4.69, 9.17) is 5.26 Å². The molecule has 0 aromatic rings. The van der Waals surface area contributed by atoms with Crippen molar-refractivity contribution < 1.29 is 4.79 Å². The summed E-state index contributed by atoms with van der Waals surface area (Å²) in [5.74, 6) is 0.358. The van der Waals surface area contributed by atoms with Crippen molar-refractivity contribution in [2.75, 3.05) is 20.1 Å². The molecule has 1 amide bonds. The van der Waals surface area contributed by atoms with Crippen LogP contribution in [0.4, 0.5) is 0 Å². The van der Waals surface area contributed by atoms with Crippen LogP contribution in [0.1, 0.15) is 20.3 Å². The number of hydrogen-bond donors (Lipinski definition) is 2. The fourth-order valence-electron chi connectivity index (χ4n) is 1.85. The maximum atomic E-state index is 11.9. The second-order valence-corrected chi connectivity index (χ2v) is 4.36. The third kappa shape index (κ3) is 2.86. The maximum Gasteiger partial charge on any atom is 0.237 e. The van der Waals surface area contributed by atoms with Gasteiger partial charge in [-0.05, 0) is 13.0 Å². The lowest BCUT2D eigenvalue weighted by atomic mass is 9.98. The summed E-state index contributed by atoms with van der Waals surface area (Å²) in [6, 6.07) is -0.00630. The molecule has 1 saturated heterocycles. The minimum atomic E-state index is -0.138. The summed E-state index contributed by atoms with van der Waals surface area (Å²) in [4.78, 5) is 13.5. The predicted molar refractivity (Wildman–Crippen MR) is 61.4 cm³/mol. The molecule has 1 aliphatic rings. The molecule has 5 nitrogen and oxygen atoms in total. The van der Waals surface area contributed by atoms with Crippen molar-refractivity contribution in [2.45, 2.75) is 32.4 Å². The van der Waals surface area contributed by atoms with Crippen LogP contribution < -0.4 is 10.6 Å². The van der Waals surface area contributed by atoms with E-state index in [0.717, 1.165) is 6.42 Å². The Morgan fingerprint density at radius 2 is 2.25 bits per heavy atom. The molecule has 90 valence electrons. The van der Waals surface area contributed by atoms with Crippen LogP contribution in [-0.4, -0.2) is 43.0 Å². The van der Waals surface area contributed by atoms with Crippen LogP contribution in [0, 0.1) is 17.4 Å². The third-order valence-corrected chi connectivity index (χ3v) is 3.18. The molecule has 0 aromatic carbocycles. The summed E-state index contributed by atoms with van der Waals surface area (Å²) in [6.07, 6.45) is 3.01. The van der Waals surface area contributed by atoms with Gasteiger partial charge in [0.05, 0.1) is 25.2 Å². The molecule has 0 aliphatic carbocycles. The first-order valence-corrected chi connectivity index (χ1v) is 5.74. The molecule has 2 unspecified atom stereocenters. The van der Waals surface area contributed by atoms with E-state index in [-0.39, 0.29) is 18.0 Å². The fraction of sp³-hybridized carbons (Fsp3) is 0.818. The fourth-order valence-corrected chi connectivity index (χ4v) is 1.85. The Morgan fingerprint density at radius 1 is 1.62 bits per heavy atom. The zero-order chi connectivity index (χ0) is 12.1. The van der Waals surface area contributed by atoms with Gasteiger partial charge in [-0.25, -0.2) is 0 Å². The minimum absolute atomic E-state index is 0.0411. The number of nitrogens with zero attached hydrogens (tertiary/aromatic N) is 2. The number of carbonyl (C=O) groups is 1. The van der Waals surface area contributed by atoms with Crippen molar-refractivity contribution in [2.24, 2.45) is 5.92 Å². The Hall–Kier alpha value is -1.28. The van der Waals surface area contributed by atoms with Crippen molar-refractivity contribution in [3.05, 3.63) is 0 Å². The minimum Gasteiger partial charge on any atom is -0.348 e. The van der Waals surface area contributed by atoms with Crippen molar-refractivity contribution in [3.8, 4) is 6.19 Å². The summed E-state index contributed by atoms with van der Waals surface area (Å²) in [6.45, 7) is 5.41. The number of likely N-dealkylation sites (tertiary alicyclic amines) is 1. The molecular formula is C11H20N4O. The second-order valence-electron chi connectivity index (χ2n) is 4.36. The van der Waals surface area contributed by atoms with Crippen LogP contribution >= 0.6 is 0 Å². The summed E-state index contributed by atoms with van der Waals surface area (Å²) in [7, 11) is 1.80. The van der Waals surface area contributed by atoms with Crippen molar-refractivity contribution in [1.29, 1.82) is 5.26 Å². The topological polar surface area (TPSA) is 68.2 Å². The smallest absolute Gasteiger partial charge is 0.237 e. The van der Waals surface area contributed by atoms with Gasteiger partial charge >= 0.3 is 0 Å². The predicted octanol–water partition coefficient (Wildman–Crippen LogP) is -0.0980. The highest BCUT2D eigenvalue weighted by Crippen LogP contribution is 2.10. The van der Waals surface area contributed by atoms with Crippen LogP contribution in [0.2, 0.25) is 0 Å². The van der Waals surface area contributed by atoms with E-state index in [1.54, 1.807) is 11.9 Å². The highest BCUT2D eigenvalue weighted by molar-refractivity contribution is 5.82. The quantitative estimate of drug-likeness (QED) is 0.640. The van der Waals surface area contributed by atoms with Gasteiger partial charge in [0, 0.05) is 0 Å². The molecule has 1 aliphatic heterocycles. The molecular weight excluding hydrogens is 204 g/mol. The van der Waals surface area contributed by atoms with E-state index in [0.29, 0.717) is 19.0 Å². The Kier molecular flexibility index (Phi) is 4.56. The summed E-state index contributed by atoms with van der Waals surface area (Å²) < 4.78 is 0. The maximum absolute atomic E-state index is 11.9. The molecule has 1 rings (SSSR count). The van der Waals surface area contributed by atoms with Crippen molar-refractivity contribution in [1.82, 2.24) is 15.5 Å². The molecule has 16 heavy (non-hydrogen) atoms. The number of hydrogen-bond acceptors (Lipinski definition) is 4. The van der Waals surface area contributed by atoms with Gasteiger partial charge in [-0.2, -0.15) is 5.26 Å². The van der Waals surface area contributed by atoms with Gasteiger partial charge in [0.2, 0.25) is 5.91 Å². The van der Waals surface area contributed by atoms with E-state index >= 15 is 0 Å². The van der Waals surface area contributed by atoms with Crippen LogP contribution in [0.3, 0.4) is 0 Å². The molecule has 0 saturated carbocycles. The molecule has 1 heterocycles. The lowest BCUT2D eigenvalue weighted by Gasteiger charge is -2.36. The van der Waals surface area contributed by atoms with Gasteiger partial charge in [0.25, 0.3) is 0 Å². The average molecular weight is 224 g/mol. The summed E-state index contributed by atoms with van der Waals surface area (Å²) in [5, 5.41) is 14.6. The molecule has 2 N–H and O–H groups in total. The molecule has 0 aromatic heterocycles. The number of carbonyl (C=O) groups excluding carboxylic acids is 1. The van der Waals surface area contributed by atoms with Gasteiger partial charge in [0.15, 0.2) is 6.19 Å². The van der Waals surface area contributed by atoms with E-state index in [9.17, 15) is 4.79 Å². The summed E-state index contributed by atoms with van der Waals surface area (Å²) >= 11 is 0. The van der Waals surface area contributed by atoms with E-state index < -0.39 is 0 Å². The van der Waals surface area contributed by atoms with Crippen LogP contribution in [0.5, 0.6) is 0 Å². The first kappa shape index (κ1) is 12.8. The normalized spacial score (nSPS) is 19.5. The van der Waals surface area contributed by atoms with Gasteiger partial charge in [-0.3, -0.25) is 4.79 Å². The Balaban J connectivity index is 2.37.